The van der Waals surface area contributed by atoms with Crippen molar-refractivity contribution in [3.05, 3.63) is 35.9 Å². The molecule has 1 amide bonds. The van der Waals surface area contributed by atoms with E-state index >= 15 is 0 Å². The number of rotatable bonds is 9. The van der Waals surface area contributed by atoms with Crippen LogP contribution in [0.1, 0.15) is 25.8 Å². The van der Waals surface area contributed by atoms with Gasteiger partial charge in [0.05, 0.1) is 25.5 Å². The summed E-state index contributed by atoms with van der Waals surface area (Å²) < 4.78 is 7.57. The van der Waals surface area contributed by atoms with E-state index in [2.05, 4.69) is 51.0 Å². The van der Waals surface area contributed by atoms with Crippen molar-refractivity contribution >= 4 is 23.6 Å². The molecule has 0 bridgehead atoms. The summed E-state index contributed by atoms with van der Waals surface area (Å²) in [5, 5.41) is 12.6. The third kappa shape index (κ3) is 5.97. The molecule has 8 heteroatoms. The zero-order valence-corrected chi connectivity index (χ0v) is 17.5. The number of anilines is 1. The summed E-state index contributed by atoms with van der Waals surface area (Å²) in [4.78, 5) is 14.4. The van der Waals surface area contributed by atoms with Crippen LogP contribution in [0.15, 0.2) is 35.5 Å². The molecule has 1 aromatic heterocycles. The van der Waals surface area contributed by atoms with Crippen molar-refractivity contribution in [2.75, 3.05) is 43.5 Å². The van der Waals surface area contributed by atoms with E-state index < -0.39 is 0 Å². The van der Waals surface area contributed by atoms with Crippen molar-refractivity contribution in [3.8, 4) is 0 Å². The molecule has 0 aliphatic carbocycles. The van der Waals surface area contributed by atoms with E-state index in [-0.39, 0.29) is 5.91 Å². The lowest BCUT2D eigenvalue weighted by atomic mass is 10.1. The molecule has 7 nitrogen and oxygen atoms in total. The molecule has 1 N–H and O–H groups in total. The van der Waals surface area contributed by atoms with Crippen LogP contribution < -0.4 is 10.2 Å². The molecular formula is C20H29N5O2S. The third-order valence-corrected chi connectivity index (χ3v) is 5.52. The molecule has 0 spiro atoms. The first-order valence-corrected chi connectivity index (χ1v) is 10.8. The van der Waals surface area contributed by atoms with Crippen LogP contribution in [0.4, 0.5) is 5.95 Å². The Balaban J connectivity index is 1.69. The number of nitrogens with one attached hydrogen (secondary N) is 1. The molecule has 0 unspecified atom stereocenters. The minimum Gasteiger partial charge on any atom is -0.378 e. The standard InChI is InChI=1S/C20H29N5O2S/c1-16(2)8-9-21-18(26)15-28-20-23-22-19(24-10-12-27-13-11-24)25(20)14-17-6-4-3-5-7-17/h3-7,16H,8-15H2,1-2H3,(H,21,26). The van der Waals surface area contributed by atoms with E-state index in [4.69, 9.17) is 4.74 Å². The number of ether oxygens (including phenoxy) is 1. The smallest absolute Gasteiger partial charge is 0.230 e. The lowest BCUT2D eigenvalue weighted by Gasteiger charge is -2.28. The lowest BCUT2D eigenvalue weighted by molar-refractivity contribution is -0.118. The third-order valence-electron chi connectivity index (χ3n) is 4.55. The summed E-state index contributed by atoms with van der Waals surface area (Å²) in [6, 6.07) is 10.3. The van der Waals surface area contributed by atoms with Gasteiger partial charge in [0.15, 0.2) is 5.16 Å². The highest BCUT2D eigenvalue weighted by molar-refractivity contribution is 7.99. The van der Waals surface area contributed by atoms with Gasteiger partial charge in [0.25, 0.3) is 0 Å². The number of carbonyl (C=O) groups is 1. The fourth-order valence-electron chi connectivity index (χ4n) is 2.97. The van der Waals surface area contributed by atoms with Gasteiger partial charge in [-0.3, -0.25) is 9.36 Å². The van der Waals surface area contributed by atoms with Crippen molar-refractivity contribution in [1.29, 1.82) is 0 Å². The van der Waals surface area contributed by atoms with Gasteiger partial charge >= 0.3 is 0 Å². The van der Waals surface area contributed by atoms with Crippen LogP contribution in [-0.2, 0) is 16.1 Å². The van der Waals surface area contributed by atoms with Crippen molar-refractivity contribution in [3.63, 3.8) is 0 Å². The number of aromatic nitrogens is 3. The Bertz CT molecular complexity index is 744. The minimum atomic E-state index is 0.0350. The van der Waals surface area contributed by atoms with Gasteiger partial charge in [-0.2, -0.15) is 0 Å². The van der Waals surface area contributed by atoms with Crippen LogP contribution in [0.2, 0.25) is 0 Å². The van der Waals surface area contributed by atoms with Crippen LogP contribution in [0.5, 0.6) is 0 Å². The predicted octanol–water partition coefficient (Wildman–Crippen LogP) is 2.42. The first-order chi connectivity index (χ1) is 13.6. The number of hydrogen-bond acceptors (Lipinski definition) is 6. The Morgan fingerprint density at radius 2 is 1.96 bits per heavy atom. The highest BCUT2D eigenvalue weighted by Crippen LogP contribution is 2.24. The lowest BCUT2D eigenvalue weighted by Crippen LogP contribution is -2.38. The highest BCUT2D eigenvalue weighted by Gasteiger charge is 2.21. The summed E-state index contributed by atoms with van der Waals surface area (Å²) in [7, 11) is 0. The number of thioether (sulfide) groups is 1. The normalized spacial score (nSPS) is 14.5. The Morgan fingerprint density at radius 3 is 2.68 bits per heavy atom. The number of nitrogens with zero attached hydrogens (tertiary/aromatic N) is 4. The quantitative estimate of drug-likeness (QED) is 0.649. The monoisotopic (exact) mass is 403 g/mol. The van der Waals surface area contributed by atoms with E-state index in [0.717, 1.165) is 30.6 Å². The van der Waals surface area contributed by atoms with Crippen LogP contribution in [-0.4, -0.2) is 59.3 Å². The maximum atomic E-state index is 12.2. The Labute approximate surface area is 170 Å². The largest absolute Gasteiger partial charge is 0.378 e. The molecule has 1 aliphatic rings. The predicted molar refractivity (Wildman–Crippen MR) is 112 cm³/mol. The molecule has 2 heterocycles. The Morgan fingerprint density at radius 1 is 1.21 bits per heavy atom. The van der Waals surface area contributed by atoms with E-state index in [1.54, 1.807) is 0 Å². The fourth-order valence-corrected chi connectivity index (χ4v) is 3.73. The van der Waals surface area contributed by atoms with Gasteiger partial charge in [0.1, 0.15) is 0 Å². The van der Waals surface area contributed by atoms with E-state index in [1.807, 2.05) is 18.2 Å². The number of hydrogen-bond donors (Lipinski definition) is 1. The molecule has 1 fully saturated rings. The number of carbonyl (C=O) groups excluding carboxylic acids is 1. The zero-order chi connectivity index (χ0) is 19.8. The molecule has 2 aromatic rings. The first kappa shape index (κ1) is 20.7. The second-order valence-electron chi connectivity index (χ2n) is 7.27. The van der Waals surface area contributed by atoms with Crippen molar-refractivity contribution in [2.24, 2.45) is 5.92 Å². The van der Waals surface area contributed by atoms with E-state index in [9.17, 15) is 4.79 Å². The van der Waals surface area contributed by atoms with Gasteiger partial charge in [-0.05, 0) is 17.9 Å². The molecule has 1 aromatic carbocycles. The van der Waals surface area contributed by atoms with Crippen LogP contribution in [0.3, 0.4) is 0 Å². The second-order valence-corrected chi connectivity index (χ2v) is 8.22. The van der Waals surface area contributed by atoms with Gasteiger partial charge in [-0.15, -0.1) is 10.2 Å². The van der Waals surface area contributed by atoms with Gasteiger partial charge in [0, 0.05) is 19.6 Å². The average molecular weight is 404 g/mol. The molecule has 0 atom stereocenters. The van der Waals surface area contributed by atoms with E-state index in [1.165, 1.54) is 17.3 Å². The summed E-state index contributed by atoms with van der Waals surface area (Å²) >= 11 is 1.44. The average Bonchev–Trinajstić information content (AvgIpc) is 3.10. The highest BCUT2D eigenvalue weighted by atomic mass is 32.2. The second kappa shape index (κ2) is 10.5. The minimum absolute atomic E-state index is 0.0350. The van der Waals surface area contributed by atoms with E-state index in [0.29, 0.717) is 38.0 Å². The molecule has 0 radical (unpaired) electrons. The molecule has 3 rings (SSSR count). The van der Waals surface area contributed by atoms with Crippen molar-refractivity contribution < 1.29 is 9.53 Å². The maximum Gasteiger partial charge on any atom is 0.230 e. The first-order valence-electron chi connectivity index (χ1n) is 9.83. The van der Waals surface area contributed by atoms with Gasteiger partial charge in [-0.25, -0.2) is 0 Å². The van der Waals surface area contributed by atoms with Crippen LogP contribution in [0.25, 0.3) is 0 Å². The summed E-state index contributed by atoms with van der Waals surface area (Å²) in [5.41, 5.74) is 1.18. The van der Waals surface area contributed by atoms with Crippen LogP contribution >= 0.6 is 11.8 Å². The van der Waals surface area contributed by atoms with Gasteiger partial charge in [0.2, 0.25) is 11.9 Å². The number of amides is 1. The summed E-state index contributed by atoms with van der Waals surface area (Å²) in [6.45, 7) is 8.68. The van der Waals surface area contributed by atoms with Crippen molar-refractivity contribution in [2.45, 2.75) is 32.0 Å². The molecular weight excluding hydrogens is 374 g/mol. The molecule has 1 aliphatic heterocycles. The Hall–Kier alpha value is -2.06. The summed E-state index contributed by atoms with van der Waals surface area (Å²) in [6.07, 6.45) is 0.988. The number of benzene rings is 1. The topological polar surface area (TPSA) is 72.3 Å². The van der Waals surface area contributed by atoms with Gasteiger partial charge < -0.3 is 15.0 Å². The molecule has 152 valence electrons. The Kier molecular flexibility index (Phi) is 7.73. The summed E-state index contributed by atoms with van der Waals surface area (Å²) in [5.74, 6) is 1.80. The van der Waals surface area contributed by atoms with Gasteiger partial charge in [-0.1, -0.05) is 55.9 Å². The SMILES string of the molecule is CC(C)CCNC(=O)CSc1nnc(N2CCOCC2)n1Cc1ccccc1. The zero-order valence-electron chi connectivity index (χ0n) is 16.6. The van der Waals surface area contributed by atoms with Crippen molar-refractivity contribution in [1.82, 2.24) is 20.1 Å². The van der Waals surface area contributed by atoms with Crippen LogP contribution in [0, 0.1) is 5.92 Å². The number of morpholine rings is 1. The molecule has 28 heavy (non-hydrogen) atoms. The maximum absolute atomic E-state index is 12.2. The fraction of sp³-hybridized carbons (Fsp3) is 0.550. The molecule has 0 saturated carbocycles. The molecule has 1 saturated heterocycles.